The number of anilines is 2. The summed E-state index contributed by atoms with van der Waals surface area (Å²) in [4.78, 5) is 31.1. The Morgan fingerprint density at radius 1 is 0.949 bits per heavy atom. The number of nitrogens with zero attached hydrogens (tertiary/aromatic N) is 3. The summed E-state index contributed by atoms with van der Waals surface area (Å²) >= 11 is 12.3. The molecule has 0 aliphatic carbocycles. The Morgan fingerprint density at radius 3 is 2.31 bits per heavy atom. The Hall–Kier alpha value is -3.30. The Kier molecular flexibility index (Phi) is 9.69. The van der Waals surface area contributed by atoms with E-state index in [1.54, 1.807) is 35.0 Å². The number of hydrogen-bond donors (Lipinski definition) is 2. The molecule has 0 bridgehead atoms. The fourth-order valence-corrected chi connectivity index (χ4v) is 4.95. The lowest BCUT2D eigenvalue weighted by molar-refractivity contribution is -0.131. The van der Waals surface area contributed by atoms with Gasteiger partial charge in [0.1, 0.15) is 0 Å². The van der Waals surface area contributed by atoms with Crippen LogP contribution in [0.4, 0.5) is 11.4 Å². The van der Waals surface area contributed by atoms with Gasteiger partial charge in [0.15, 0.2) is 0 Å². The molecule has 1 fully saturated rings. The number of carbonyl (C=O) groups excluding carboxylic acids is 2. The molecule has 8 nitrogen and oxygen atoms in total. The average molecular weight is 571 g/mol. The number of amides is 2. The van der Waals surface area contributed by atoms with E-state index in [9.17, 15) is 9.59 Å². The van der Waals surface area contributed by atoms with Crippen molar-refractivity contribution in [3.05, 3.63) is 82.3 Å². The summed E-state index contributed by atoms with van der Waals surface area (Å²) in [6.07, 6.45) is 0. The molecule has 0 spiro atoms. The first-order valence-electron chi connectivity index (χ1n) is 12.7. The molecule has 1 heterocycles. The van der Waals surface area contributed by atoms with Crippen LogP contribution < -0.4 is 16.4 Å². The molecule has 1 aliphatic rings. The van der Waals surface area contributed by atoms with Gasteiger partial charge < -0.3 is 26.0 Å². The zero-order valence-electron chi connectivity index (χ0n) is 21.9. The molecule has 0 aromatic heterocycles. The van der Waals surface area contributed by atoms with Gasteiger partial charge in [-0.15, -0.1) is 0 Å². The third kappa shape index (κ3) is 7.64. The number of ether oxygens (including phenoxy) is 1. The van der Waals surface area contributed by atoms with Crippen molar-refractivity contribution in [2.45, 2.75) is 6.04 Å². The van der Waals surface area contributed by atoms with Crippen molar-refractivity contribution < 1.29 is 14.3 Å². The molecule has 10 heteroatoms. The largest absolute Gasteiger partial charge is 0.399 e. The first kappa shape index (κ1) is 28.7. The van der Waals surface area contributed by atoms with E-state index in [0.29, 0.717) is 41.2 Å². The monoisotopic (exact) mass is 569 g/mol. The minimum absolute atomic E-state index is 0.0572. The second-order valence-electron chi connectivity index (χ2n) is 9.60. The summed E-state index contributed by atoms with van der Waals surface area (Å²) in [6, 6.07) is 20.7. The molecule has 0 saturated carbocycles. The van der Waals surface area contributed by atoms with Crippen molar-refractivity contribution in [1.82, 2.24) is 9.80 Å². The van der Waals surface area contributed by atoms with Gasteiger partial charge in [-0.3, -0.25) is 14.5 Å². The fourth-order valence-electron chi connectivity index (χ4n) is 4.65. The predicted octanol–water partition coefficient (Wildman–Crippen LogP) is 4.07. The van der Waals surface area contributed by atoms with Crippen LogP contribution >= 0.6 is 23.2 Å². The first-order valence-corrected chi connectivity index (χ1v) is 13.5. The first-order chi connectivity index (χ1) is 18.7. The zero-order valence-corrected chi connectivity index (χ0v) is 23.4. The van der Waals surface area contributed by atoms with E-state index in [1.165, 1.54) is 0 Å². The molecule has 0 radical (unpaired) electrons. The van der Waals surface area contributed by atoms with Crippen LogP contribution in [0, 0.1) is 0 Å². The molecule has 1 saturated heterocycles. The summed E-state index contributed by atoms with van der Waals surface area (Å²) in [7, 11) is 1.79. The number of primary amides is 1. The number of morpholine rings is 1. The number of nitrogens with two attached hydrogens (primary N) is 2. The van der Waals surface area contributed by atoms with E-state index >= 15 is 0 Å². The van der Waals surface area contributed by atoms with Gasteiger partial charge in [-0.25, -0.2) is 0 Å². The number of rotatable bonds is 10. The Bertz CT molecular complexity index is 1300. The Morgan fingerprint density at radius 2 is 1.67 bits per heavy atom. The summed E-state index contributed by atoms with van der Waals surface area (Å²) in [5, 5.41) is 0.713. The summed E-state index contributed by atoms with van der Waals surface area (Å²) in [6.45, 7) is 3.34. The number of hydrogen-bond acceptors (Lipinski definition) is 6. The predicted molar refractivity (Wildman–Crippen MR) is 157 cm³/mol. The van der Waals surface area contributed by atoms with E-state index in [1.807, 2.05) is 48.5 Å². The number of likely N-dealkylation sites (N-methyl/N-ethyl adjacent to an activating group) is 1. The van der Waals surface area contributed by atoms with E-state index < -0.39 is 5.91 Å². The minimum atomic E-state index is -0.557. The number of nitrogen functional groups attached to an aromatic ring is 1. The van der Waals surface area contributed by atoms with Gasteiger partial charge >= 0.3 is 0 Å². The molecule has 3 aromatic carbocycles. The van der Waals surface area contributed by atoms with Crippen LogP contribution in [0.1, 0.15) is 11.6 Å². The molecule has 3 aromatic rings. The molecular weight excluding hydrogens is 537 g/mol. The van der Waals surface area contributed by atoms with Gasteiger partial charge in [-0.2, -0.15) is 0 Å². The van der Waals surface area contributed by atoms with E-state index in [-0.39, 0.29) is 25.0 Å². The molecule has 4 N–H and O–H groups in total. The van der Waals surface area contributed by atoms with Gasteiger partial charge in [0, 0.05) is 38.1 Å². The fraction of sp³-hybridized carbons (Fsp3) is 0.310. The zero-order chi connectivity index (χ0) is 27.9. The number of benzene rings is 3. The lowest BCUT2D eigenvalue weighted by atomic mass is 9.99. The Balaban J connectivity index is 1.58. The lowest BCUT2D eigenvalue weighted by Crippen LogP contribution is -2.47. The number of carbonyl (C=O) groups is 2. The van der Waals surface area contributed by atoms with Gasteiger partial charge in [-0.1, -0.05) is 59.6 Å². The van der Waals surface area contributed by atoms with Crippen LogP contribution in [-0.2, 0) is 14.3 Å². The highest BCUT2D eigenvalue weighted by atomic mass is 35.5. The third-order valence-corrected chi connectivity index (χ3v) is 7.59. The molecular formula is C29H33Cl2N5O3. The average Bonchev–Trinajstić information content (AvgIpc) is 2.93. The number of halogens is 2. The summed E-state index contributed by atoms with van der Waals surface area (Å²) < 4.78 is 5.52. The van der Waals surface area contributed by atoms with Crippen LogP contribution in [0.5, 0.6) is 0 Å². The topological polar surface area (TPSA) is 105 Å². The SMILES string of the molecule is CN(C(=O)CN(CC(N)=O)c1ccc(Cl)c(Cl)c1)C(CN1CCOCC1)c1ccc(-c2cccc(N)c2)cc1. The second-order valence-corrected chi connectivity index (χ2v) is 10.4. The van der Waals surface area contributed by atoms with Crippen LogP contribution in [0.15, 0.2) is 66.7 Å². The van der Waals surface area contributed by atoms with Crippen LogP contribution in [0.2, 0.25) is 10.0 Å². The minimum Gasteiger partial charge on any atom is -0.399 e. The molecule has 206 valence electrons. The lowest BCUT2D eigenvalue weighted by Gasteiger charge is -2.36. The van der Waals surface area contributed by atoms with Crippen LogP contribution in [0.25, 0.3) is 11.1 Å². The van der Waals surface area contributed by atoms with E-state index in [0.717, 1.165) is 29.8 Å². The Labute approximate surface area is 239 Å². The standard InChI is InChI=1S/C29H33Cl2N5O3/c1-34(29(38)19-36(18-28(33)37)24-9-10-25(30)26(31)16-24)27(17-35-11-13-39-14-12-35)21-7-5-20(6-8-21)22-3-2-4-23(32)15-22/h2-10,15-16,27H,11-14,17-19,32H2,1H3,(H2,33,37). The smallest absolute Gasteiger partial charge is 0.242 e. The van der Waals surface area contributed by atoms with Gasteiger partial charge in [0.05, 0.1) is 42.4 Å². The van der Waals surface area contributed by atoms with Gasteiger partial charge in [0.2, 0.25) is 11.8 Å². The maximum Gasteiger partial charge on any atom is 0.242 e. The maximum absolute atomic E-state index is 13.7. The molecule has 39 heavy (non-hydrogen) atoms. The molecule has 1 aliphatic heterocycles. The highest BCUT2D eigenvalue weighted by molar-refractivity contribution is 6.42. The second kappa shape index (κ2) is 13.2. The van der Waals surface area contributed by atoms with Crippen LogP contribution in [-0.4, -0.2) is 74.6 Å². The van der Waals surface area contributed by atoms with Gasteiger partial charge in [-0.05, 0) is 47.0 Å². The molecule has 4 rings (SSSR count). The third-order valence-electron chi connectivity index (χ3n) is 6.85. The van der Waals surface area contributed by atoms with E-state index in [2.05, 4.69) is 4.90 Å². The summed E-state index contributed by atoms with van der Waals surface area (Å²) in [5.74, 6) is -0.723. The van der Waals surface area contributed by atoms with Crippen LogP contribution in [0.3, 0.4) is 0 Å². The van der Waals surface area contributed by atoms with Crippen molar-refractivity contribution in [3.63, 3.8) is 0 Å². The quantitative estimate of drug-likeness (QED) is 0.356. The normalized spacial score (nSPS) is 14.5. The van der Waals surface area contributed by atoms with E-state index in [4.69, 9.17) is 39.4 Å². The van der Waals surface area contributed by atoms with Crippen molar-refractivity contribution >= 4 is 46.4 Å². The highest BCUT2D eigenvalue weighted by Crippen LogP contribution is 2.29. The van der Waals surface area contributed by atoms with Gasteiger partial charge in [0.25, 0.3) is 0 Å². The molecule has 2 amide bonds. The highest BCUT2D eigenvalue weighted by Gasteiger charge is 2.27. The van der Waals surface area contributed by atoms with Crippen molar-refractivity contribution in [2.24, 2.45) is 5.73 Å². The maximum atomic E-state index is 13.7. The molecule has 1 unspecified atom stereocenters. The van der Waals surface area contributed by atoms with Crippen molar-refractivity contribution in [2.75, 3.05) is 63.6 Å². The summed E-state index contributed by atoms with van der Waals surface area (Å²) in [5.41, 5.74) is 15.8. The van der Waals surface area contributed by atoms with Crippen molar-refractivity contribution in [3.8, 4) is 11.1 Å². The van der Waals surface area contributed by atoms with Crippen molar-refractivity contribution in [1.29, 1.82) is 0 Å². The molecule has 1 atom stereocenters.